The molecule has 4 heterocycles. The van der Waals surface area contributed by atoms with Crippen LogP contribution in [0.1, 0.15) is 90.3 Å². The van der Waals surface area contributed by atoms with E-state index in [9.17, 15) is 9.00 Å². The van der Waals surface area contributed by atoms with Crippen molar-refractivity contribution in [2.45, 2.75) is 82.3 Å². The van der Waals surface area contributed by atoms with Crippen molar-refractivity contribution in [1.82, 2.24) is 23.4 Å². The van der Waals surface area contributed by atoms with Crippen LogP contribution in [0.3, 0.4) is 0 Å². The van der Waals surface area contributed by atoms with Gasteiger partial charge in [0.25, 0.3) is 5.91 Å². The third-order valence-electron chi connectivity index (χ3n) is 13.1. The first-order chi connectivity index (χ1) is 25.8. The van der Waals surface area contributed by atoms with Crippen LogP contribution in [-0.4, -0.2) is 81.6 Å². The molecule has 5 aliphatic rings. The van der Waals surface area contributed by atoms with E-state index in [1.165, 1.54) is 51.5 Å². The van der Waals surface area contributed by atoms with Gasteiger partial charge in [0.1, 0.15) is 5.75 Å². The number of ether oxygens (including phenoxy) is 1. The summed E-state index contributed by atoms with van der Waals surface area (Å²) in [5.74, 6) is 1.71. The molecule has 278 valence electrons. The van der Waals surface area contributed by atoms with Crippen LogP contribution in [0.15, 0.2) is 66.7 Å². The van der Waals surface area contributed by atoms with Crippen LogP contribution < -0.4 is 9.46 Å². The van der Waals surface area contributed by atoms with Gasteiger partial charge in [-0.15, -0.1) is 0 Å². The van der Waals surface area contributed by atoms with E-state index in [1.807, 2.05) is 12.1 Å². The molecule has 0 bridgehead atoms. The number of likely N-dealkylation sites (tertiary alicyclic amines) is 2. The van der Waals surface area contributed by atoms with Crippen LogP contribution in [0.25, 0.3) is 22.2 Å². The van der Waals surface area contributed by atoms with E-state index < -0.39 is 16.6 Å². The lowest BCUT2D eigenvalue weighted by atomic mass is 9.81. The number of fused-ring (bicyclic) bond motifs is 8. The topological polar surface area (TPSA) is 87.1 Å². The second-order valence-corrected chi connectivity index (χ2v) is 17.9. The Balaban J connectivity index is 1.15. The number of hydrogen-bond acceptors (Lipinski definition) is 5. The Labute approximate surface area is 315 Å². The van der Waals surface area contributed by atoms with Crippen LogP contribution in [0.4, 0.5) is 0 Å². The Morgan fingerprint density at radius 2 is 1.77 bits per heavy atom. The number of nitrogens with one attached hydrogen (secondary N) is 1. The van der Waals surface area contributed by atoms with Gasteiger partial charge in [0, 0.05) is 80.8 Å². The van der Waals surface area contributed by atoms with Crippen molar-refractivity contribution < 1.29 is 18.5 Å². The molecule has 9 rings (SSSR count). The Hall–Kier alpha value is -3.99. The number of nitrogens with zero attached hydrogens (tertiary/aromatic N) is 4. The average Bonchev–Trinajstić information content (AvgIpc) is 3.66. The molecule has 10 heteroatoms. The smallest absolute Gasteiger partial charge is 0.264 e. The van der Waals surface area contributed by atoms with Crippen molar-refractivity contribution in [3.05, 3.63) is 89.0 Å². The van der Waals surface area contributed by atoms with Crippen LogP contribution in [0, 0.1) is 11.3 Å². The standard InChI is InChI=1S/C43H51N5O4S/c1-45(2)53(51)44-41(49)30-16-18-34-37(21-30)48-27-43(42(50)47-20-10-15-31-25-46(26-38(31)47)24-28-11-6-4-7-12-28)23-36(43)35-22-32(52-3)17-19-33(35)40(48)39(34)29-13-8-5-9-14-29/h4,6-7,11-12,16-19,21-22,29,31,36,38H,5,8-10,13-15,20,23-27H2,1-3H3,(H,44,49). The van der Waals surface area contributed by atoms with Crippen LogP contribution in [0.2, 0.25) is 0 Å². The van der Waals surface area contributed by atoms with Crippen molar-refractivity contribution in [2.75, 3.05) is 40.8 Å². The molecule has 2 aliphatic carbocycles. The highest BCUT2D eigenvalue weighted by Gasteiger charge is 2.65. The molecule has 4 fully saturated rings. The zero-order chi connectivity index (χ0) is 36.4. The summed E-state index contributed by atoms with van der Waals surface area (Å²) in [7, 11) is 5.07. The van der Waals surface area contributed by atoms with Gasteiger partial charge in [-0.05, 0) is 91.0 Å². The number of aromatic nitrogens is 1. The van der Waals surface area contributed by atoms with Gasteiger partial charge < -0.3 is 14.2 Å². The summed E-state index contributed by atoms with van der Waals surface area (Å²) in [4.78, 5) is 33.7. The lowest BCUT2D eigenvalue weighted by molar-refractivity contribution is -0.142. The summed E-state index contributed by atoms with van der Waals surface area (Å²) in [6, 6.07) is 23.3. The zero-order valence-corrected chi connectivity index (χ0v) is 32.0. The predicted molar refractivity (Wildman–Crippen MR) is 209 cm³/mol. The van der Waals surface area contributed by atoms with E-state index in [1.54, 1.807) is 21.2 Å². The first kappa shape index (κ1) is 34.8. The van der Waals surface area contributed by atoms with E-state index in [0.29, 0.717) is 23.9 Å². The summed E-state index contributed by atoms with van der Waals surface area (Å²) in [6.45, 7) is 4.23. The molecule has 3 aromatic carbocycles. The molecule has 9 nitrogen and oxygen atoms in total. The largest absolute Gasteiger partial charge is 0.497 e. The lowest BCUT2D eigenvalue weighted by Gasteiger charge is -2.39. The highest BCUT2D eigenvalue weighted by atomic mass is 32.2. The maximum atomic E-state index is 15.4. The Kier molecular flexibility index (Phi) is 8.98. The minimum atomic E-state index is -1.64. The molecule has 2 saturated heterocycles. The third kappa shape index (κ3) is 6.01. The molecule has 4 aromatic rings. The highest BCUT2D eigenvalue weighted by molar-refractivity contribution is 7.81. The molecule has 0 spiro atoms. The van der Waals surface area contributed by atoms with Crippen molar-refractivity contribution in [1.29, 1.82) is 0 Å². The Morgan fingerprint density at radius 1 is 0.962 bits per heavy atom. The van der Waals surface area contributed by atoms with Crippen LogP contribution >= 0.6 is 0 Å². The predicted octanol–water partition coefficient (Wildman–Crippen LogP) is 6.85. The van der Waals surface area contributed by atoms with Gasteiger partial charge in [0.05, 0.1) is 18.2 Å². The fourth-order valence-electron chi connectivity index (χ4n) is 10.4. The number of carbonyl (C=O) groups excluding carboxylic acids is 2. The fraction of sp³-hybridized carbons (Fsp3) is 0.488. The van der Waals surface area contributed by atoms with Gasteiger partial charge in [0.15, 0.2) is 11.2 Å². The molecule has 3 aliphatic heterocycles. The minimum Gasteiger partial charge on any atom is -0.497 e. The molecule has 1 N–H and O–H groups in total. The summed E-state index contributed by atoms with van der Waals surface area (Å²) < 4.78 is 25.0. The van der Waals surface area contributed by atoms with Crippen molar-refractivity contribution in [3.63, 3.8) is 0 Å². The summed E-state index contributed by atoms with van der Waals surface area (Å²) in [5, 5.41) is 1.16. The van der Waals surface area contributed by atoms with Crippen LogP contribution in [0.5, 0.6) is 5.75 Å². The minimum absolute atomic E-state index is 0.0884. The van der Waals surface area contributed by atoms with Crippen LogP contribution in [-0.2, 0) is 29.1 Å². The number of rotatable bonds is 8. The first-order valence-electron chi connectivity index (χ1n) is 19.6. The number of methoxy groups -OCH3 is 1. The molecule has 0 radical (unpaired) electrons. The molecule has 5 unspecified atom stereocenters. The lowest BCUT2D eigenvalue weighted by Crippen LogP contribution is -2.52. The summed E-state index contributed by atoms with van der Waals surface area (Å²) in [6.07, 6.45) is 8.92. The fourth-order valence-corrected chi connectivity index (χ4v) is 10.9. The molecule has 53 heavy (non-hydrogen) atoms. The average molecular weight is 734 g/mol. The van der Waals surface area contributed by atoms with Gasteiger partial charge in [-0.3, -0.25) is 19.2 Å². The Morgan fingerprint density at radius 3 is 2.55 bits per heavy atom. The normalized spacial score (nSPS) is 26.0. The molecular formula is C43H51N5O4S. The molecule has 2 saturated carbocycles. The number of carbonyl (C=O) groups is 2. The van der Waals surface area contributed by atoms with Gasteiger partial charge in [-0.25, -0.2) is 8.51 Å². The van der Waals surface area contributed by atoms with Crippen molar-refractivity contribution >= 4 is 33.9 Å². The zero-order valence-electron chi connectivity index (χ0n) is 31.2. The summed E-state index contributed by atoms with van der Waals surface area (Å²) in [5.41, 5.74) is 7.14. The number of benzene rings is 3. The monoisotopic (exact) mass is 733 g/mol. The van der Waals surface area contributed by atoms with Gasteiger partial charge in [0.2, 0.25) is 5.91 Å². The van der Waals surface area contributed by atoms with E-state index in [2.05, 4.69) is 73.7 Å². The van der Waals surface area contributed by atoms with E-state index in [0.717, 1.165) is 74.9 Å². The Bertz CT molecular complexity index is 2090. The maximum Gasteiger partial charge on any atom is 0.264 e. The number of piperidine rings is 1. The highest BCUT2D eigenvalue weighted by Crippen LogP contribution is 2.66. The number of amides is 2. The van der Waals surface area contributed by atoms with E-state index in [-0.39, 0.29) is 23.8 Å². The first-order valence-corrected chi connectivity index (χ1v) is 20.7. The maximum absolute atomic E-state index is 15.4. The second-order valence-electron chi connectivity index (χ2n) is 16.4. The van der Waals surface area contributed by atoms with Gasteiger partial charge in [-0.2, -0.15) is 0 Å². The van der Waals surface area contributed by atoms with E-state index >= 15 is 4.79 Å². The number of hydrogen-bond donors (Lipinski definition) is 1. The van der Waals surface area contributed by atoms with Gasteiger partial charge in [-0.1, -0.05) is 55.7 Å². The molecule has 5 atom stereocenters. The van der Waals surface area contributed by atoms with Gasteiger partial charge >= 0.3 is 0 Å². The summed E-state index contributed by atoms with van der Waals surface area (Å²) >= 11 is -1.64. The quantitative estimate of drug-likeness (QED) is 0.214. The van der Waals surface area contributed by atoms with Crippen molar-refractivity contribution in [3.8, 4) is 17.0 Å². The van der Waals surface area contributed by atoms with Crippen molar-refractivity contribution in [2.24, 2.45) is 11.3 Å². The van der Waals surface area contributed by atoms with E-state index in [4.69, 9.17) is 4.74 Å². The molecule has 2 amide bonds. The molecule has 1 aromatic heterocycles. The SMILES string of the molecule is COc1ccc2c(c1)C1CC1(C(=O)N1CCCC3CN(Cc4ccccc4)CC31)Cn1c-2c(C2CCCCC2)c2ccc(C(=O)NS(=O)N(C)C)cc21. The molecular weight excluding hydrogens is 683 g/mol. The second kappa shape index (κ2) is 13.7. The third-order valence-corrected chi connectivity index (χ3v) is 14.1.